The predicted octanol–water partition coefficient (Wildman–Crippen LogP) is 4.19. The van der Waals surface area contributed by atoms with E-state index in [4.69, 9.17) is 5.84 Å². The summed E-state index contributed by atoms with van der Waals surface area (Å²) in [5.74, 6) is 5.72. The van der Waals surface area contributed by atoms with E-state index in [2.05, 4.69) is 86.4 Å². The maximum absolute atomic E-state index is 5.72. The standard InChI is InChI=1S/C15H16BrIN2/c16-12-7-8-14(17)13(10-12)15(19-18)9-6-11-4-2-1-3-5-11/h1-5,7-8,10,15,19H,6,9,18H2. The molecule has 0 heterocycles. The average molecular weight is 431 g/mol. The third kappa shape index (κ3) is 4.27. The van der Waals surface area contributed by atoms with Crippen LogP contribution < -0.4 is 11.3 Å². The van der Waals surface area contributed by atoms with Crippen LogP contribution in [0.4, 0.5) is 0 Å². The van der Waals surface area contributed by atoms with E-state index in [0.717, 1.165) is 17.3 Å². The lowest BCUT2D eigenvalue weighted by Crippen LogP contribution is -2.29. The Morgan fingerprint density at radius 3 is 2.58 bits per heavy atom. The molecule has 0 spiro atoms. The van der Waals surface area contributed by atoms with Gasteiger partial charge in [0.2, 0.25) is 0 Å². The Kier molecular flexibility index (Phi) is 5.81. The lowest BCUT2D eigenvalue weighted by molar-refractivity contribution is 0.514. The van der Waals surface area contributed by atoms with Gasteiger partial charge in [-0.3, -0.25) is 11.3 Å². The van der Waals surface area contributed by atoms with Crippen molar-refractivity contribution in [2.75, 3.05) is 0 Å². The second-order valence-electron chi connectivity index (χ2n) is 4.41. The van der Waals surface area contributed by atoms with E-state index in [9.17, 15) is 0 Å². The van der Waals surface area contributed by atoms with Crippen LogP contribution in [0.15, 0.2) is 53.0 Å². The van der Waals surface area contributed by atoms with Crippen LogP contribution in [0.3, 0.4) is 0 Å². The van der Waals surface area contributed by atoms with Gasteiger partial charge in [0.15, 0.2) is 0 Å². The van der Waals surface area contributed by atoms with Crippen LogP contribution in [0.1, 0.15) is 23.6 Å². The molecule has 4 heteroatoms. The van der Waals surface area contributed by atoms with Gasteiger partial charge < -0.3 is 0 Å². The minimum atomic E-state index is 0.171. The fraction of sp³-hybridized carbons (Fsp3) is 0.200. The number of rotatable bonds is 5. The Bertz CT molecular complexity index is 531. The largest absolute Gasteiger partial charge is 0.271 e. The molecule has 3 N–H and O–H groups in total. The molecule has 0 aliphatic carbocycles. The molecule has 2 aromatic rings. The first-order valence-corrected chi connectivity index (χ1v) is 8.03. The van der Waals surface area contributed by atoms with Gasteiger partial charge in [-0.1, -0.05) is 46.3 Å². The fourth-order valence-corrected chi connectivity index (χ4v) is 3.16. The molecule has 0 fully saturated rings. The van der Waals surface area contributed by atoms with Gasteiger partial charge in [0, 0.05) is 14.1 Å². The molecule has 0 aromatic heterocycles. The van der Waals surface area contributed by atoms with Crippen molar-refractivity contribution in [3.63, 3.8) is 0 Å². The number of hydrogen-bond acceptors (Lipinski definition) is 2. The van der Waals surface area contributed by atoms with Crippen LogP contribution in [0.25, 0.3) is 0 Å². The normalized spacial score (nSPS) is 12.4. The summed E-state index contributed by atoms with van der Waals surface area (Å²) in [7, 11) is 0. The smallest absolute Gasteiger partial charge is 0.0474 e. The Labute approximate surface area is 136 Å². The fourth-order valence-electron chi connectivity index (χ4n) is 2.07. The highest BCUT2D eigenvalue weighted by Crippen LogP contribution is 2.26. The van der Waals surface area contributed by atoms with E-state index in [1.807, 2.05) is 6.07 Å². The van der Waals surface area contributed by atoms with Gasteiger partial charge in [0.05, 0.1) is 0 Å². The van der Waals surface area contributed by atoms with Crippen molar-refractivity contribution in [3.8, 4) is 0 Å². The number of hydrogen-bond donors (Lipinski definition) is 2. The summed E-state index contributed by atoms with van der Waals surface area (Å²) in [6, 6.07) is 17.0. The molecular formula is C15H16BrIN2. The molecule has 0 radical (unpaired) electrons. The molecule has 2 rings (SSSR count). The van der Waals surface area contributed by atoms with Crippen molar-refractivity contribution in [3.05, 3.63) is 67.7 Å². The average Bonchev–Trinajstić information content (AvgIpc) is 2.44. The van der Waals surface area contributed by atoms with Crippen LogP contribution in [-0.4, -0.2) is 0 Å². The predicted molar refractivity (Wildman–Crippen MR) is 91.7 cm³/mol. The molecule has 2 nitrogen and oxygen atoms in total. The summed E-state index contributed by atoms with van der Waals surface area (Å²) in [5, 5.41) is 0. The van der Waals surface area contributed by atoms with Crippen molar-refractivity contribution >= 4 is 38.5 Å². The molecule has 1 atom stereocenters. The van der Waals surface area contributed by atoms with Gasteiger partial charge in [-0.2, -0.15) is 0 Å². The van der Waals surface area contributed by atoms with Crippen LogP contribution in [0.5, 0.6) is 0 Å². The molecule has 19 heavy (non-hydrogen) atoms. The summed E-state index contributed by atoms with van der Waals surface area (Å²) >= 11 is 5.87. The van der Waals surface area contributed by atoms with E-state index in [-0.39, 0.29) is 6.04 Å². The van der Waals surface area contributed by atoms with Crippen LogP contribution in [-0.2, 0) is 6.42 Å². The monoisotopic (exact) mass is 430 g/mol. The maximum atomic E-state index is 5.72. The second-order valence-corrected chi connectivity index (χ2v) is 6.49. The minimum Gasteiger partial charge on any atom is -0.271 e. The van der Waals surface area contributed by atoms with E-state index >= 15 is 0 Å². The number of halogens is 2. The number of benzene rings is 2. The van der Waals surface area contributed by atoms with Crippen molar-refractivity contribution in [2.24, 2.45) is 5.84 Å². The Balaban J connectivity index is 2.10. The van der Waals surface area contributed by atoms with Crippen molar-refractivity contribution in [2.45, 2.75) is 18.9 Å². The summed E-state index contributed by atoms with van der Waals surface area (Å²) in [6.07, 6.45) is 1.99. The van der Waals surface area contributed by atoms with Crippen LogP contribution >= 0.6 is 38.5 Å². The molecule has 0 saturated carbocycles. The number of nitrogens with two attached hydrogens (primary N) is 1. The quantitative estimate of drug-likeness (QED) is 0.424. The number of nitrogens with one attached hydrogen (secondary N) is 1. The number of hydrazine groups is 1. The highest BCUT2D eigenvalue weighted by molar-refractivity contribution is 14.1. The molecule has 0 amide bonds. The Morgan fingerprint density at radius 1 is 1.16 bits per heavy atom. The van der Waals surface area contributed by atoms with Gasteiger partial charge in [-0.25, -0.2) is 0 Å². The van der Waals surface area contributed by atoms with Gasteiger partial charge in [-0.05, 0) is 64.8 Å². The Morgan fingerprint density at radius 2 is 1.89 bits per heavy atom. The molecule has 0 aliphatic rings. The first-order valence-electron chi connectivity index (χ1n) is 6.15. The molecule has 0 saturated heterocycles. The van der Waals surface area contributed by atoms with Crippen LogP contribution in [0.2, 0.25) is 0 Å². The first kappa shape index (κ1) is 15.0. The third-order valence-corrected chi connectivity index (χ3v) is 4.57. The molecule has 2 aromatic carbocycles. The summed E-state index contributed by atoms with van der Waals surface area (Å²) in [5.41, 5.74) is 5.52. The summed E-state index contributed by atoms with van der Waals surface area (Å²) < 4.78 is 2.32. The molecular weight excluding hydrogens is 415 g/mol. The zero-order valence-corrected chi connectivity index (χ0v) is 14.2. The highest BCUT2D eigenvalue weighted by Gasteiger charge is 2.13. The number of aryl methyl sites for hydroxylation is 1. The minimum absolute atomic E-state index is 0.171. The topological polar surface area (TPSA) is 38.0 Å². The molecule has 1 unspecified atom stereocenters. The van der Waals surface area contributed by atoms with Gasteiger partial charge >= 0.3 is 0 Å². The van der Waals surface area contributed by atoms with Crippen molar-refractivity contribution < 1.29 is 0 Å². The van der Waals surface area contributed by atoms with Crippen molar-refractivity contribution in [1.82, 2.24) is 5.43 Å². The lowest BCUT2D eigenvalue weighted by atomic mass is 9.99. The third-order valence-electron chi connectivity index (χ3n) is 3.10. The van der Waals surface area contributed by atoms with Crippen LogP contribution in [0, 0.1) is 3.57 Å². The Hall–Kier alpha value is -0.430. The van der Waals surface area contributed by atoms with Gasteiger partial charge in [0.1, 0.15) is 0 Å². The second kappa shape index (κ2) is 7.38. The lowest BCUT2D eigenvalue weighted by Gasteiger charge is -2.18. The van der Waals surface area contributed by atoms with E-state index in [1.165, 1.54) is 14.7 Å². The molecule has 0 bridgehead atoms. The van der Waals surface area contributed by atoms with E-state index in [0.29, 0.717) is 0 Å². The SMILES string of the molecule is NNC(CCc1ccccc1)c1cc(Br)ccc1I. The highest BCUT2D eigenvalue weighted by atomic mass is 127. The first-order chi connectivity index (χ1) is 9.20. The van der Waals surface area contributed by atoms with E-state index < -0.39 is 0 Å². The summed E-state index contributed by atoms with van der Waals surface area (Å²) in [4.78, 5) is 0. The zero-order valence-electron chi connectivity index (χ0n) is 10.4. The zero-order chi connectivity index (χ0) is 13.7. The van der Waals surface area contributed by atoms with Gasteiger partial charge in [-0.15, -0.1) is 0 Å². The molecule has 100 valence electrons. The molecule has 0 aliphatic heterocycles. The van der Waals surface area contributed by atoms with Gasteiger partial charge in [0.25, 0.3) is 0 Å². The maximum Gasteiger partial charge on any atom is 0.0474 e. The summed E-state index contributed by atoms with van der Waals surface area (Å²) in [6.45, 7) is 0. The van der Waals surface area contributed by atoms with E-state index in [1.54, 1.807) is 0 Å². The van der Waals surface area contributed by atoms with Crippen molar-refractivity contribution in [1.29, 1.82) is 0 Å².